The number of rotatable bonds is 5. The molecule has 0 spiro atoms. The first-order valence-corrected chi connectivity index (χ1v) is 6.62. The van der Waals surface area contributed by atoms with Gasteiger partial charge in [0.15, 0.2) is 0 Å². The van der Waals surface area contributed by atoms with E-state index in [0.717, 1.165) is 12.1 Å². The Morgan fingerprint density at radius 3 is 2.65 bits per heavy atom. The van der Waals surface area contributed by atoms with Crippen LogP contribution in [-0.2, 0) is 6.54 Å². The summed E-state index contributed by atoms with van der Waals surface area (Å²) in [6, 6.07) is 11.9. The highest BCUT2D eigenvalue weighted by Gasteiger charge is 2.10. The van der Waals surface area contributed by atoms with Crippen molar-refractivity contribution in [1.82, 2.24) is 4.90 Å². The van der Waals surface area contributed by atoms with Crippen LogP contribution < -0.4 is 0 Å². The molecule has 0 aliphatic carbocycles. The summed E-state index contributed by atoms with van der Waals surface area (Å²) in [5.41, 5.74) is 2.28. The summed E-state index contributed by atoms with van der Waals surface area (Å²) in [6.07, 6.45) is -0.417. The van der Waals surface area contributed by atoms with Gasteiger partial charge in [-0.25, -0.2) is 0 Å². The maximum atomic E-state index is 10.1. The Morgan fingerprint density at radius 1 is 1.24 bits per heavy atom. The predicted molar refractivity (Wildman–Crippen MR) is 72.1 cm³/mol. The van der Waals surface area contributed by atoms with Crippen molar-refractivity contribution in [2.75, 3.05) is 13.6 Å². The normalized spacial score (nSPS) is 12.9. The summed E-state index contributed by atoms with van der Waals surface area (Å²) in [4.78, 5) is 2.14. The molecule has 0 saturated carbocycles. The highest BCUT2D eigenvalue weighted by atomic mass is 32.1. The molecule has 2 nitrogen and oxygen atoms in total. The first kappa shape index (κ1) is 12.3. The predicted octanol–water partition coefficient (Wildman–Crippen LogP) is 2.91. The van der Waals surface area contributed by atoms with E-state index >= 15 is 0 Å². The van der Waals surface area contributed by atoms with Gasteiger partial charge < -0.3 is 5.11 Å². The van der Waals surface area contributed by atoms with E-state index < -0.39 is 6.10 Å². The molecule has 1 aromatic heterocycles. The molecule has 0 radical (unpaired) electrons. The van der Waals surface area contributed by atoms with E-state index in [9.17, 15) is 5.11 Å². The Kier molecular flexibility index (Phi) is 4.31. The van der Waals surface area contributed by atoms with E-state index in [1.807, 2.05) is 37.4 Å². The van der Waals surface area contributed by atoms with Crippen LogP contribution >= 0.6 is 11.3 Å². The molecule has 1 unspecified atom stereocenters. The van der Waals surface area contributed by atoms with Crippen LogP contribution in [0.25, 0.3) is 0 Å². The van der Waals surface area contributed by atoms with E-state index in [1.165, 1.54) is 5.56 Å². The van der Waals surface area contributed by atoms with Crippen molar-refractivity contribution >= 4 is 11.3 Å². The molecule has 0 saturated heterocycles. The topological polar surface area (TPSA) is 23.5 Å². The Morgan fingerprint density at radius 2 is 2.00 bits per heavy atom. The van der Waals surface area contributed by atoms with Crippen LogP contribution in [-0.4, -0.2) is 23.6 Å². The van der Waals surface area contributed by atoms with Crippen molar-refractivity contribution < 1.29 is 5.11 Å². The second-order valence-electron chi connectivity index (χ2n) is 4.25. The summed E-state index contributed by atoms with van der Waals surface area (Å²) in [5.74, 6) is 0. The molecule has 1 N–H and O–H groups in total. The number of hydrogen-bond donors (Lipinski definition) is 1. The Labute approximate surface area is 106 Å². The van der Waals surface area contributed by atoms with Crippen LogP contribution in [0.3, 0.4) is 0 Å². The monoisotopic (exact) mass is 247 g/mol. The fourth-order valence-electron chi connectivity index (χ4n) is 1.83. The van der Waals surface area contributed by atoms with E-state index in [-0.39, 0.29) is 0 Å². The maximum absolute atomic E-state index is 10.1. The Hall–Kier alpha value is -1.16. The number of hydrogen-bond acceptors (Lipinski definition) is 3. The van der Waals surface area contributed by atoms with E-state index in [0.29, 0.717) is 6.54 Å². The number of likely N-dealkylation sites (N-methyl/N-ethyl adjacent to an activating group) is 1. The first-order valence-electron chi connectivity index (χ1n) is 5.68. The summed E-state index contributed by atoms with van der Waals surface area (Å²) in [5, 5.41) is 14.3. The van der Waals surface area contributed by atoms with Crippen molar-refractivity contribution in [3.63, 3.8) is 0 Å². The lowest BCUT2D eigenvalue weighted by molar-refractivity contribution is 0.124. The average molecular weight is 247 g/mol. The molecule has 17 heavy (non-hydrogen) atoms. The molecular weight excluding hydrogens is 230 g/mol. The third-order valence-corrected chi connectivity index (χ3v) is 3.43. The van der Waals surface area contributed by atoms with Gasteiger partial charge in [-0.15, -0.1) is 0 Å². The molecule has 2 aromatic rings. The van der Waals surface area contributed by atoms with Crippen molar-refractivity contribution in [3.8, 4) is 0 Å². The molecule has 1 heterocycles. The van der Waals surface area contributed by atoms with Crippen LogP contribution in [0.2, 0.25) is 0 Å². The molecule has 0 bridgehead atoms. The number of thiophene rings is 1. The van der Waals surface area contributed by atoms with Crippen molar-refractivity contribution in [1.29, 1.82) is 0 Å². The van der Waals surface area contributed by atoms with Crippen LogP contribution in [0.5, 0.6) is 0 Å². The summed E-state index contributed by atoms with van der Waals surface area (Å²) >= 11 is 1.71. The van der Waals surface area contributed by atoms with Gasteiger partial charge in [0.05, 0.1) is 6.10 Å². The van der Waals surface area contributed by atoms with Gasteiger partial charge in [0.1, 0.15) is 0 Å². The van der Waals surface area contributed by atoms with Gasteiger partial charge in [-0.3, -0.25) is 4.90 Å². The molecule has 0 fully saturated rings. The lowest BCUT2D eigenvalue weighted by Gasteiger charge is -2.20. The third-order valence-electron chi connectivity index (χ3n) is 2.70. The average Bonchev–Trinajstić information content (AvgIpc) is 2.82. The van der Waals surface area contributed by atoms with Gasteiger partial charge >= 0.3 is 0 Å². The highest BCUT2D eigenvalue weighted by Crippen LogP contribution is 2.15. The minimum Gasteiger partial charge on any atom is -0.387 e. The van der Waals surface area contributed by atoms with Gasteiger partial charge in [0.25, 0.3) is 0 Å². The van der Waals surface area contributed by atoms with Crippen molar-refractivity contribution in [2.45, 2.75) is 12.6 Å². The Bertz CT molecular complexity index is 427. The second kappa shape index (κ2) is 5.96. The van der Waals surface area contributed by atoms with Gasteiger partial charge in [-0.05, 0) is 35.0 Å². The van der Waals surface area contributed by atoms with Crippen LogP contribution in [0.15, 0.2) is 47.2 Å². The summed E-state index contributed by atoms with van der Waals surface area (Å²) in [6.45, 7) is 1.53. The summed E-state index contributed by atoms with van der Waals surface area (Å²) < 4.78 is 0. The molecule has 3 heteroatoms. The molecule has 2 rings (SSSR count). The van der Waals surface area contributed by atoms with Gasteiger partial charge in [0, 0.05) is 13.1 Å². The van der Waals surface area contributed by atoms with Crippen molar-refractivity contribution in [3.05, 3.63) is 58.3 Å². The Balaban J connectivity index is 1.88. The summed E-state index contributed by atoms with van der Waals surface area (Å²) in [7, 11) is 2.03. The SMILES string of the molecule is CN(Cc1ccsc1)CC(O)c1ccccc1. The quantitative estimate of drug-likeness (QED) is 0.878. The van der Waals surface area contributed by atoms with Gasteiger partial charge in [0.2, 0.25) is 0 Å². The number of aliphatic hydroxyl groups excluding tert-OH is 1. The zero-order valence-electron chi connectivity index (χ0n) is 9.91. The van der Waals surface area contributed by atoms with Crippen LogP contribution in [0.4, 0.5) is 0 Å². The molecule has 0 aliphatic heterocycles. The molecular formula is C14H17NOS. The fourth-order valence-corrected chi connectivity index (χ4v) is 2.49. The lowest BCUT2D eigenvalue weighted by atomic mass is 10.1. The maximum Gasteiger partial charge on any atom is 0.0916 e. The van der Waals surface area contributed by atoms with E-state index in [2.05, 4.69) is 21.7 Å². The van der Waals surface area contributed by atoms with E-state index in [4.69, 9.17) is 0 Å². The lowest BCUT2D eigenvalue weighted by Crippen LogP contribution is -2.23. The highest BCUT2D eigenvalue weighted by molar-refractivity contribution is 7.07. The third kappa shape index (κ3) is 3.66. The number of nitrogens with zero attached hydrogens (tertiary/aromatic N) is 1. The second-order valence-corrected chi connectivity index (χ2v) is 5.03. The molecule has 1 atom stereocenters. The number of aliphatic hydroxyl groups is 1. The molecule has 1 aromatic carbocycles. The van der Waals surface area contributed by atoms with Crippen LogP contribution in [0, 0.1) is 0 Å². The molecule has 0 aliphatic rings. The van der Waals surface area contributed by atoms with E-state index in [1.54, 1.807) is 11.3 Å². The zero-order chi connectivity index (χ0) is 12.1. The zero-order valence-corrected chi connectivity index (χ0v) is 10.7. The molecule has 0 amide bonds. The standard InChI is InChI=1S/C14H17NOS/c1-15(9-12-7-8-17-11-12)10-14(16)13-5-3-2-4-6-13/h2-8,11,14,16H,9-10H2,1H3. The number of benzene rings is 1. The van der Waals surface area contributed by atoms with Crippen LogP contribution in [0.1, 0.15) is 17.2 Å². The first-order chi connectivity index (χ1) is 8.25. The smallest absolute Gasteiger partial charge is 0.0916 e. The largest absolute Gasteiger partial charge is 0.387 e. The minimum atomic E-state index is -0.417. The van der Waals surface area contributed by atoms with Gasteiger partial charge in [-0.1, -0.05) is 30.3 Å². The molecule has 90 valence electrons. The van der Waals surface area contributed by atoms with Crippen molar-refractivity contribution in [2.24, 2.45) is 0 Å². The minimum absolute atomic E-state index is 0.417. The van der Waals surface area contributed by atoms with Gasteiger partial charge in [-0.2, -0.15) is 11.3 Å². The fraction of sp³-hybridized carbons (Fsp3) is 0.286.